The number of nitrogens with one attached hydrogen (secondary N) is 1. The van der Waals surface area contributed by atoms with E-state index < -0.39 is 0 Å². The van der Waals surface area contributed by atoms with Gasteiger partial charge in [0.1, 0.15) is 5.82 Å². The summed E-state index contributed by atoms with van der Waals surface area (Å²) in [7, 11) is 0. The van der Waals surface area contributed by atoms with Gasteiger partial charge in [0.2, 0.25) is 0 Å². The number of nitrogens with zero attached hydrogens (tertiary/aromatic N) is 2. The van der Waals surface area contributed by atoms with Crippen molar-refractivity contribution in [2.75, 3.05) is 13.1 Å². The summed E-state index contributed by atoms with van der Waals surface area (Å²) in [5.74, 6) is -0.296. The molecular weight excluding hydrogens is 257 g/mol. The van der Waals surface area contributed by atoms with Gasteiger partial charge in [-0.2, -0.15) is 5.10 Å². The molecule has 0 spiro atoms. The zero-order valence-electron chi connectivity index (χ0n) is 11.1. The lowest BCUT2D eigenvalue weighted by Crippen LogP contribution is -2.35. The first kappa shape index (κ1) is 12.8. The molecule has 3 rings (SSSR count). The number of likely N-dealkylation sites (tertiary alicyclic amines) is 1. The van der Waals surface area contributed by atoms with Crippen LogP contribution < -0.4 is 0 Å². The Labute approximate surface area is 116 Å². The summed E-state index contributed by atoms with van der Waals surface area (Å²) < 4.78 is 13.0. The van der Waals surface area contributed by atoms with Crippen molar-refractivity contribution in [3.63, 3.8) is 0 Å². The lowest BCUT2D eigenvalue weighted by molar-refractivity contribution is 0.0725. The van der Waals surface area contributed by atoms with Gasteiger partial charge in [0.05, 0.1) is 17.5 Å². The molecule has 1 N–H and O–H groups in total. The Morgan fingerprint density at radius 3 is 2.55 bits per heavy atom. The number of benzene rings is 1. The third-order valence-corrected chi connectivity index (χ3v) is 3.65. The maximum Gasteiger partial charge on any atom is 0.257 e. The van der Waals surface area contributed by atoms with Gasteiger partial charge in [-0.1, -0.05) is 0 Å². The first-order chi connectivity index (χ1) is 9.75. The monoisotopic (exact) mass is 273 g/mol. The summed E-state index contributed by atoms with van der Waals surface area (Å²) in [5, 5.41) is 6.81. The van der Waals surface area contributed by atoms with E-state index in [4.69, 9.17) is 0 Å². The number of rotatable bonds is 2. The maximum absolute atomic E-state index is 13.0. The molecule has 0 saturated carbocycles. The van der Waals surface area contributed by atoms with Crippen LogP contribution in [0.2, 0.25) is 0 Å². The number of piperidine rings is 1. The summed E-state index contributed by atoms with van der Waals surface area (Å²) in [6.45, 7) is 1.60. The fourth-order valence-electron chi connectivity index (χ4n) is 2.55. The molecule has 1 aromatic carbocycles. The fourth-order valence-corrected chi connectivity index (χ4v) is 2.55. The van der Waals surface area contributed by atoms with Crippen LogP contribution in [0.25, 0.3) is 11.3 Å². The van der Waals surface area contributed by atoms with E-state index in [0.29, 0.717) is 11.3 Å². The SMILES string of the molecule is O=C(c1cn[nH]c1-c1ccc(F)cc1)N1CCCCC1. The van der Waals surface area contributed by atoms with Crippen LogP contribution in [0.5, 0.6) is 0 Å². The van der Waals surface area contributed by atoms with E-state index in [0.717, 1.165) is 31.5 Å². The smallest absolute Gasteiger partial charge is 0.257 e. The standard InChI is InChI=1S/C15H16FN3O/c16-12-6-4-11(5-7-12)14-13(10-17-18-14)15(20)19-8-2-1-3-9-19/h4-7,10H,1-3,8-9H2,(H,17,18). The molecule has 4 nitrogen and oxygen atoms in total. The lowest BCUT2D eigenvalue weighted by Gasteiger charge is -2.26. The Bertz CT molecular complexity index is 600. The second-order valence-corrected chi connectivity index (χ2v) is 5.02. The van der Waals surface area contributed by atoms with Crippen LogP contribution in [0.4, 0.5) is 4.39 Å². The molecule has 0 aliphatic carbocycles. The van der Waals surface area contributed by atoms with Gasteiger partial charge in [0.15, 0.2) is 0 Å². The molecule has 2 heterocycles. The minimum atomic E-state index is -0.294. The number of amides is 1. The molecule has 0 unspecified atom stereocenters. The fraction of sp³-hybridized carbons (Fsp3) is 0.333. The van der Waals surface area contributed by atoms with E-state index in [9.17, 15) is 9.18 Å². The average Bonchev–Trinajstić information content (AvgIpc) is 2.97. The van der Waals surface area contributed by atoms with Gasteiger partial charge in [0, 0.05) is 18.7 Å². The number of carbonyl (C=O) groups is 1. The molecule has 5 heteroatoms. The van der Waals surface area contributed by atoms with Gasteiger partial charge in [-0.3, -0.25) is 9.89 Å². The molecule has 1 aliphatic heterocycles. The van der Waals surface area contributed by atoms with Crippen molar-refractivity contribution in [1.82, 2.24) is 15.1 Å². The first-order valence-corrected chi connectivity index (χ1v) is 6.84. The van der Waals surface area contributed by atoms with Crippen LogP contribution in [0.15, 0.2) is 30.5 Å². The topological polar surface area (TPSA) is 49.0 Å². The average molecular weight is 273 g/mol. The molecular formula is C15H16FN3O. The van der Waals surface area contributed by atoms with Crippen LogP contribution in [0.3, 0.4) is 0 Å². The summed E-state index contributed by atoms with van der Waals surface area (Å²) in [4.78, 5) is 14.4. The largest absolute Gasteiger partial charge is 0.339 e. The van der Waals surface area contributed by atoms with Crippen molar-refractivity contribution in [1.29, 1.82) is 0 Å². The highest BCUT2D eigenvalue weighted by Crippen LogP contribution is 2.23. The van der Waals surface area contributed by atoms with Crippen molar-refractivity contribution >= 4 is 5.91 Å². The van der Waals surface area contributed by atoms with Crippen molar-refractivity contribution < 1.29 is 9.18 Å². The molecule has 2 aromatic rings. The summed E-state index contributed by atoms with van der Waals surface area (Å²) in [6, 6.07) is 6.06. The van der Waals surface area contributed by atoms with Crippen LogP contribution >= 0.6 is 0 Å². The second kappa shape index (κ2) is 5.45. The molecule has 1 fully saturated rings. The lowest BCUT2D eigenvalue weighted by atomic mass is 10.1. The number of aromatic amines is 1. The number of hydrogen-bond acceptors (Lipinski definition) is 2. The van der Waals surface area contributed by atoms with E-state index in [1.807, 2.05) is 4.90 Å². The number of carbonyl (C=O) groups excluding carboxylic acids is 1. The van der Waals surface area contributed by atoms with E-state index >= 15 is 0 Å². The predicted octanol–water partition coefficient (Wildman–Crippen LogP) is 2.84. The van der Waals surface area contributed by atoms with E-state index in [1.54, 1.807) is 18.3 Å². The van der Waals surface area contributed by atoms with E-state index in [1.165, 1.54) is 18.6 Å². The molecule has 104 valence electrons. The van der Waals surface area contributed by atoms with E-state index in [-0.39, 0.29) is 11.7 Å². The van der Waals surface area contributed by atoms with Gasteiger partial charge < -0.3 is 4.90 Å². The van der Waals surface area contributed by atoms with Crippen molar-refractivity contribution in [2.45, 2.75) is 19.3 Å². The molecule has 1 aliphatic rings. The molecule has 1 amide bonds. The molecule has 1 aromatic heterocycles. The predicted molar refractivity (Wildman–Crippen MR) is 73.7 cm³/mol. The van der Waals surface area contributed by atoms with E-state index in [2.05, 4.69) is 10.2 Å². The molecule has 1 saturated heterocycles. The normalized spacial score (nSPS) is 15.3. The van der Waals surface area contributed by atoms with Gasteiger partial charge >= 0.3 is 0 Å². The van der Waals surface area contributed by atoms with Gasteiger partial charge in [-0.15, -0.1) is 0 Å². The number of aromatic nitrogens is 2. The molecule has 20 heavy (non-hydrogen) atoms. The van der Waals surface area contributed by atoms with Crippen LogP contribution in [-0.2, 0) is 0 Å². The third-order valence-electron chi connectivity index (χ3n) is 3.65. The number of hydrogen-bond donors (Lipinski definition) is 1. The Balaban J connectivity index is 1.89. The first-order valence-electron chi connectivity index (χ1n) is 6.84. The molecule has 0 bridgehead atoms. The highest BCUT2D eigenvalue weighted by atomic mass is 19.1. The number of halogens is 1. The highest BCUT2D eigenvalue weighted by molar-refractivity contribution is 5.99. The van der Waals surface area contributed by atoms with Gasteiger partial charge in [0.25, 0.3) is 5.91 Å². The van der Waals surface area contributed by atoms with Crippen LogP contribution in [0.1, 0.15) is 29.6 Å². The highest BCUT2D eigenvalue weighted by Gasteiger charge is 2.22. The second-order valence-electron chi connectivity index (χ2n) is 5.02. The minimum absolute atomic E-state index is 0.00206. The summed E-state index contributed by atoms with van der Waals surface area (Å²) in [5.41, 5.74) is 1.98. The Morgan fingerprint density at radius 1 is 1.15 bits per heavy atom. The minimum Gasteiger partial charge on any atom is -0.339 e. The summed E-state index contributed by atoms with van der Waals surface area (Å²) in [6.07, 6.45) is 4.83. The molecule has 0 radical (unpaired) electrons. The zero-order chi connectivity index (χ0) is 13.9. The molecule has 0 atom stereocenters. The van der Waals surface area contributed by atoms with Crippen LogP contribution in [0, 0.1) is 5.82 Å². The van der Waals surface area contributed by atoms with Gasteiger partial charge in [-0.05, 0) is 43.5 Å². The van der Waals surface area contributed by atoms with Crippen molar-refractivity contribution in [3.8, 4) is 11.3 Å². The Hall–Kier alpha value is -2.17. The quantitative estimate of drug-likeness (QED) is 0.914. The van der Waals surface area contributed by atoms with Crippen molar-refractivity contribution in [3.05, 3.63) is 41.8 Å². The summed E-state index contributed by atoms with van der Waals surface area (Å²) >= 11 is 0. The maximum atomic E-state index is 13.0. The van der Waals surface area contributed by atoms with Crippen LogP contribution in [-0.4, -0.2) is 34.1 Å². The zero-order valence-corrected chi connectivity index (χ0v) is 11.1. The number of H-pyrrole nitrogens is 1. The Morgan fingerprint density at radius 2 is 1.85 bits per heavy atom. The van der Waals surface area contributed by atoms with Crippen molar-refractivity contribution in [2.24, 2.45) is 0 Å². The third kappa shape index (κ3) is 2.43. The van der Waals surface area contributed by atoms with Gasteiger partial charge in [-0.25, -0.2) is 4.39 Å². The Kier molecular flexibility index (Phi) is 3.50.